The minimum absolute atomic E-state index is 0. The van der Waals surface area contributed by atoms with E-state index >= 15 is 0 Å². The number of nitrogens with one attached hydrogen (secondary N) is 2. The molecule has 7 nitrogen and oxygen atoms in total. The molecular weight excluding hydrogens is 340 g/mol. The molecule has 0 aliphatic carbocycles. The number of guanidine groups is 1. The normalized spacial score (nSPS) is 14.7. The molecule has 1 aliphatic rings. The Labute approximate surface area is 142 Å². The van der Waals surface area contributed by atoms with E-state index in [0.717, 1.165) is 38.6 Å². The Morgan fingerprint density at radius 3 is 2.39 bits per heavy atom. The summed E-state index contributed by atoms with van der Waals surface area (Å²) in [5, 5.41) is 9.22. The zero-order valence-corrected chi connectivity index (χ0v) is 14.5. The van der Waals surface area contributed by atoms with Gasteiger partial charge >= 0.3 is 0 Å². The topological polar surface area (TPSA) is 116 Å². The fourth-order valence-corrected chi connectivity index (χ4v) is 3.46. The molecule has 1 amide bonds. The Hall–Kier alpha value is -1.80. The SMILES string of the molecule is CS(=O)(=O)c1cc(C(=O)NC(=N)N)ccc1N1CCCCC1.Cl. The van der Waals surface area contributed by atoms with Crippen LogP contribution in [-0.4, -0.2) is 39.6 Å². The van der Waals surface area contributed by atoms with Gasteiger partial charge in [0.2, 0.25) is 0 Å². The molecule has 9 heteroatoms. The largest absolute Gasteiger partial charge is 0.370 e. The number of carbonyl (C=O) groups excluding carboxylic acids is 1. The fraction of sp³-hybridized carbons (Fsp3) is 0.429. The van der Waals surface area contributed by atoms with Gasteiger partial charge in [-0.1, -0.05) is 0 Å². The van der Waals surface area contributed by atoms with Gasteiger partial charge in [0.25, 0.3) is 5.91 Å². The van der Waals surface area contributed by atoms with Crippen LogP contribution in [0.4, 0.5) is 5.69 Å². The molecule has 128 valence electrons. The Morgan fingerprint density at radius 1 is 1.26 bits per heavy atom. The molecule has 0 spiro atoms. The highest BCUT2D eigenvalue weighted by molar-refractivity contribution is 7.90. The van der Waals surface area contributed by atoms with Crippen LogP contribution < -0.4 is 16.0 Å². The van der Waals surface area contributed by atoms with E-state index in [2.05, 4.69) is 5.32 Å². The van der Waals surface area contributed by atoms with Crippen LogP contribution in [0.5, 0.6) is 0 Å². The standard InChI is InChI=1S/C14H20N4O3S.ClH/c1-22(20,21)12-9-10(13(19)17-14(15)16)5-6-11(12)18-7-3-2-4-8-18;/h5-6,9H,2-4,7-8H2,1H3,(H4,15,16,17,19);1H. The number of amides is 1. The first kappa shape index (κ1) is 19.2. The van der Waals surface area contributed by atoms with E-state index in [1.807, 2.05) is 4.90 Å². The number of rotatable bonds is 3. The van der Waals surface area contributed by atoms with Gasteiger partial charge in [-0.15, -0.1) is 12.4 Å². The van der Waals surface area contributed by atoms with E-state index in [1.54, 1.807) is 12.1 Å². The number of nitrogens with two attached hydrogens (primary N) is 1. The van der Waals surface area contributed by atoms with E-state index < -0.39 is 21.7 Å². The van der Waals surface area contributed by atoms with Gasteiger partial charge in [0.1, 0.15) is 0 Å². The van der Waals surface area contributed by atoms with Crippen molar-refractivity contribution in [2.24, 2.45) is 5.73 Å². The Bertz CT molecular complexity index is 700. The molecule has 1 aromatic carbocycles. The van der Waals surface area contributed by atoms with Gasteiger partial charge in [-0.3, -0.25) is 15.5 Å². The maximum atomic E-state index is 12.1. The highest BCUT2D eigenvalue weighted by Crippen LogP contribution is 2.29. The number of carbonyl (C=O) groups is 1. The predicted octanol–water partition coefficient (Wildman–Crippen LogP) is 1.13. The second-order valence-corrected chi connectivity index (χ2v) is 7.35. The molecule has 0 saturated carbocycles. The zero-order chi connectivity index (χ0) is 16.3. The van der Waals surface area contributed by atoms with Crippen molar-refractivity contribution in [3.63, 3.8) is 0 Å². The number of hydrogen-bond donors (Lipinski definition) is 3. The van der Waals surface area contributed by atoms with Crippen molar-refractivity contribution < 1.29 is 13.2 Å². The summed E-state index contributed by atoms with van der Waals surface area (Å²) in [4.78, 5) is 14.0. The van der Waals surface area contributed by atoms with Crippen LogP contribution >= 0.6 is 12.4 Å². The van der Waals surface area contributed by atoms with E-state index in [4.69, 9.17) is 11.1 Å². The van der Waals surface area contributed by atoms with Crippen LogP contribution in [-0.2, 0) is 9.84 Å². The Balaban J connectivity index is 0.00000264. The smallest absolute Gasteiger partial charge is 0.257 e. The quantitative estimate of drug-likeness (QED) is 0.551. The van der Waals surface area contributed by atoms with Gasteiger partial charge in [-0.25, -0.2) is 8.42 Å². The van der Waals surface area contributed by atoms with Gasteiger partial charge < -0.3 is 10.6 Å². The lowest BCUT2D eigenvalue weighted by Gasteiger charge is -2.30. The third-order valence-electron chi connectivity index (χ3n) is 3.57. The van der Waals surface area contributed by atoms with E-state index in [0.29, 0.717) is 5.69 Å². The lowest BCUT2D eigenvalue weighted by Crippen LogP contribution is -2.36. The molecule has 1 aliphatic heterocycles. The highest BCUT2D eigenvalue weighted by Gasteiger charge is 2.22. The molecule has 0 aromatic heterocycles. The highest BCUT2D eigenvalue weighted by atomic mass is 35.5. The molecule has 4 N–H and O–H groups in total. The molecule has 2 rings (SSSR count). The van der Waals surface area contributed by atoms with Gasteiger partial charge in [-0.05, 0) is 37.5 Å². The van der Waals surface area contributed by atoms with Gasteiger partial charge in [0, 0.05) is 24.9 Å². The lowest BCUT2D eigenvalue weighted by atomic mass is 10.1. The van der Waals surface area contributed by atoms with Crippen molar-refractivity contribution in [1.82, 2.24) is 5.32 Å². The van der Waals surface area contributed by atoms with Crippen molar-refractivity contribution in [2.75, 3.05) is 24.2 Å². The Morgan fingerprint density at radius 2 is 1.87 bits per heavy atom. The average Bonchev–Trinajstić information content (AvgIpc) is 2.46. The van der Waals surface area contributed by atoms with Gasteiger partial charge in [0.05, 0.1) is 10.6 Å². The molecule has 1 aromatic rings. The number of hydrogen-bond acceptors (Lipinski definition) is 5. The maximum absolute atomic E-state index is 12.1. The van der Waals surface area contributed by atoms with E-state index in [-0.39, 0.29) is 22.9 Å². The molecule has 1 saturated heterocycles. The van der Waals surface area contributed by atoms with Crippen LogP contribution in [0.1, 0.15) is 29.6 Å². The zero-order valence-electron chi connectivity index (χ0n) is 12.8. The molecule has 0 unspecified atom stereocenters. The molecule has 0 radical (unpaired) electrons. The number of benzene rings is 1. The minimum Gasteiger partial charge on any atom is -0.370 e. The summed E-state index contributed by atoms with van der Waals surface area (Å²) in [6.45, 7) is 1.61. The number of anilines is 1. The summed E-state index contributed by atoms with van der Waals surface area (Å²) in [6.07, 6.45) is 4.32. The molecule has 1 heterocycles. The predicted molar refractivity (Wildman–Crippen MR) is 92.2 cm³/mol. The first-order valence-corrected chi connectivity index (χ1v) is 8.92. The van der Waals surface area contributed by atoms with Crippen LogP contribution in [0.3, 0.4) is 0 Å². The van der Waals surface area contributed by atoms with Crippen LogP contribution in [0.25, 0.3) is 0 Å². The number of nitrogens with zero attached hydrogens (tertiary/aromatic N) is 1. The van der Waals surface area contributed by atoms with Crippen LogP contribution in [0.15, 0.2) is 23.1 Å². The summed E-state index contributed by atoms with van der Waals surface area (Å²) in [5.74, 6) is -1.08. The fourth-order valence-electron chi connectivity index (χ4n) is 2.54. The lowest BCUT2D eigenvalue weighted by molar-refractivity contribution is 0.0976. The van der Waals surface area contributed by atoms with Crippen LogP contribution in [0.2, 0.25) is 0 Å². The first-order valence-electron chi connectivity index (χ1n) is 7.03. The van der Waals surface area contributed by atoms with Crippen molar-refractivity contribution in [3.05, 3.63) is 23.8 Å². The Kier molecular flexibility index (Phi) is 6.40. The monoisotopic (exact) mass is 360 g/mol. The van der Waals surface area contributed by atoms with Crippen LogP contribution in [0, 0.1) is 5.41 Å². The van der Waals surface area contributed by atoms with E-state index in [1.165, 1.54) is 6.07 Å². The van der Waals surface area contributed by atoms with Gasteiger partial charge in [0.15, 0.2) is 15.8 Å². The van der Waals surface area contributed by atoms with Gasteiger partial charge in [-0.2, -0.15) is 0 Å². The second-order valence-electron chi connectivity index (χ2n) is 5.37. The second kappa shape index (κ2) is 7.65. The molecule has 0 atom stereocenters. The maximum Gasteiger partial charge on any atom is 0.257 e. The number of sulfone groups is 1. The van der Waals surface area contributed by atoms with E-state index in [9.17, 15) is 13.2 Å². The summed E-state index contributed by atoms with van der Waals surface area (Å²) in [5.41, 5.74) is 5.92. The number of piperidine rings is 1. The number of halogens is 1. The summed E-state index contributed by atoms with van der Waals surface area (Å²) in [6, 6.07) is 4.55. The summed E-state index contributed by atoms with van der Waals surface area (Å²) in [7, 11) is -3.47. The molecule has 0 bridgehead atoms. The summed E-state index contributed by atoms with van der Waals surface area (Å²) < 4.78 is 24.1. The molecule has 23 heavy (non-hydrogen) atoms. The van der Waals surface area contributed by atoms with Crippen molar-refractivity contribution in [3.8, 4) is 0 Å². The third kappa shape index (κ3) is 4.84. The minimum atomic E-state index is -3.47. The molecule has 1 fully saturated rings. The first-order chi connectivity index (χ1) is 10.3. The average molecular weight is 361 g/mol. The molecular formula is C14H21ClN4O3S. The summed E-state index contributed by atoms with van der Waals surface area (Å²) >= 11 is 0. The van der Waals surface area contributed by atoms with Crippen molar-refractivity contribution >= 4 is 39.8 Å². The van der Waals surface area contributed by atoms with Crippen molar-refractivity contribution in [1.29, 1.82) is 5.41 Å². The third-order valence-corrected chi connectivity index (χ3v) is 4.69. The van der Waals surface area contributed by atoms with Crippen molar-refractivity contribution in [2.45, 2.75) is 24.2 Å².